The molecule has 0 aliphatic rings. The molecule has 0 bridgehead atoms. The number of nitrogens with zero attached hydrogens (tertiary/aromatic N) is 1. The summed E-state index contributed by atoms with van der Waals surface area (Å²) in [4.78, 5) is 56.0. The third kappa shape index (κ3) is 37.4. The van der Waals surface area contributed by atoms with E-state index >= 15 is 0 Å². The largest absolute Gasteiger partial charge is 0.462 e. The summed E-state index contributed by atoms with van der Waals surface area (Å²) in [7, 11) is 0. The molecule has 0 saturated heterocycles. The van der Waals surface area contributed by atoms with Gasteiger partial charge in [-0.15, -0.1) is 0 Å². The van der Waals surface area contributed by atoms with Gasteiger partial charge in [-0.3, -0.25) is 19.2 Å². The van der Waals surface area contributed by atoms with Gasteiger partial charge in [0.05, 0.1) is 0 Å². The zero-order valence-electron chi connectivity index (χ0n) is 41.7. The van der Waals surface area contributed by atoms with Gasteiger partial charge >= 0.3 is 17.9 Å². The minimum Gasteiger partial charge on any atom is -0.462 e. The van der Waals surface area contributed by atoms with E-state index in [4.69, 9.17) is 18.9 Å². The van der Waals surface area contributed by atoms with Crippen molar-refractivity contribution in [1.29, 1.82) is 0 Å². The van der Waals surface area contributed by atoms with Crippen molar-refractivity contribution in [2.75, 3.05) is 32.8 Å². The van der Waals surface area contributed by atoms with E-state index in [9.17, 15) is 19.2 Å². The Labute approximate surface area is 383 Å². The van der Waals surface area contributed by atoms with Gasteiger partial charge in [-0.05, 0) is 51.6 Å². The number of hydrogen-bond donors (Lipinski definition) is 0. The normalized spacial score (nSPS) is 13.0. The van der Waals surface area contributed by atoms with E-state index in [2.05, 4.69) is 46.4 Å². The van der Waals surface area contributed by atoms with E-state index in [1.165, 1.54) is 96.3 Å². The van der Waals surface area contributed by atoms with Gasteiger partial charge in [0.15, 0.2) is 6.10 Å². The third-order valence-electron chi connectivity index (χ3n) is 12.3. The Morgan fingerprint density at radius 1 is 0.403 bits per heavy atom. The van der Waals surface area contributed by atoms with Crippen LogP contribution in [0.5, 0.6) is 0 Å². The first-order chi connectivity index (χ1) is 30.3. The molecular formula is C53H101NO8. The Kier molecular flexibility index (Phi) is 44.1. The van der Waals surface area contributed by atoms with E-state index in [-0.39, 0.29) is 56.0 Å². The molecule has 0 aliphatic heterocycles. The van der Waals surface area contributed by atoms with Gasteiger partial charge in [0.2, 0.25) is 0 Å². The van der Waals surface area contributed by atoms with Gasteiger partial charge in [-0.25, -0.2) is 0 Å². The van der Waals surface area contributed by atoms with Crippen molar-refractivity contribution in [2.45, 2.75) is 285 Å². The van der Waals surface area contributed by atoms with Crippen LogP contribution in [-0.2, 0) is 38.1 Å². The molecule has 366 valence electrons. The Bertz CT molecular complexity index is 963. The maximum atomic E-state index is 13.6. The molecule has 9 heteroatoms. The summed E-state index contributed by atoms with van der Waals surface area (Å²) in [6.45, 7) is 16.0. The smallest absolute Gasteiger partial charge is 0.306 e. The summed E-state index contributed by atoms with van der Waals surface area (Å²) >= 11 is 0. The summed E-state index contributed by atoms with van der Waals surface area (Å²) in [5, 5.41) is 0. The van der Waals surface area contributed by atoms with Crippen LogP contribution in [0.3, 0.4) is 0 Å². The summed E-state index contributed by atoms with van der Waals surface area (Å²) in [5.41, 5.74) is 0. The summed E-state index contributed by atoms with van der Waals surface area (Å²) in [6.07, 6.45) is 30.6. The van der Waals surface area contributed by atoms with Gasteiger partial charge < -0.3 is 23.8 Å². The monoisotopic (exact) mass is 880 g/mol. The number of hydrogen-bond acceptors (Lipinski definition) is 9. The zero-order valence-corrected chi connectivity index (χ0v) is 41.7. The molecule has 0 N–H and O–H groups in total. The van der Waals surface area contributed by atoms with Crippen molar-refractivity contribution in [3.8, 4) is 0 Å². The fourth-order valence-electron chi connectivity index (χ4n) is 8.08. The fraction of sp³-hybridized carbons (Fsp3) is 0.925. The van der Waals surface area contributed by atoms with Gasteiger partial charge in [-0.2, -0.15) is 0 Å². The Morgan fingerprint density at radius 3 is 1.19 bits per heavy atom. The predicted molar refractivity (Wildman–Crippen MR) is 258 cm³/mol. The van der Waals surface area contributed by atoms with Crippen molar-refractivity contribution in [3.63, 3.8) is 0 Å². The highest BCUT2D eigenvalue weighted by Crippen LogP contribution is 2.23. The molecular weight excluding hydrogens is 779 g/mol. The number of ketones is 1. The quantitative estimate of drug-likeness (QED) is 0.0335. The van der Waals surface area contributed by atoms with Crippen LogP contribution in [0.1, 0.15) is 266 Å². The van der Waals surface area contributed by atoms with E-state index in [0.29, 0.717) is 19.4 Å². The van der Waals surface area contributed by atoms with Crippen LogP contribution in [0.15, 0.2) is 0 Å². The molecule has 0 aromatic heterocycles. The van der Waals surface area contributed by atoms with Gasteiger partial charge in [0, 0.05) is 45.3 Å². The van der Waals surface area contributed by atoms with E-state index in [1.807, 2.05) is 0 Å². The lowest BCUT2D eigenvalue weighted by Crippen LogP contribution is -2.47. The molecule has 3 atom stereocenters. The maximum Gasteiger partial charge on any atom is 0.306 e. The number of esters is 3. The van der Waals surface area contributed by atoms with Crippen LogP contribution < -0.4 is 0 Å². The van der Waals surface area contributed by atoms with E-state index in [0.717, 1.165) is 110 Å². The summed E-state index contributed by atoms with van der Waals surface area (Å²) < 4.78 is 25.0. The average Bonchev–Trinajstić information content (AvgIpc) is 3.26. The average molecular weight is 880 g/mol. The lowest BCUT2D eigenvalue weighted by molar-refractivity contribution is -0.187. The van der Waals surface area contributed by atoms with Crippen molar-refractivity contribution in [2.24, 2.45) is 0 Å². The van der Waals surface area contributed by atoms with Crippen LogP contribution in [0.4, 0.5) is 0 Å². The molecule has 0 heterocycles. The highest BCUT2D eigenvalue weighted by atomic mass is 16.6. The molecule has 0 aromatic carbocycles. The number of ether oxygens (including phenoxy) is 4. The molecule has 0 radical (unpaired) electrons. The zero-order chi connectivity index (χ0) is 45.7. The molecule has 0 fully saturated rings. The first-order valence-electron chi connectivity index (χ1n) is 26.7. The Hall–Kier alpha value is -2.00. The van der Waals surface area contributed by atoms with Crippen molar-refractivity contribution >= 4 is 23.7 Å². The fourth-order valence-corrected chi connectivity index (χ4v) is 8.08. The number of carbonyl (C=O) groups is 4. The van der Waals surface area contributed by atoms with Gasteiger partial charge in [0.25, 0.3) is 0 Å². The second-order valence-electron chi connectivity index (χ2n) is 18.0. The minimum absolute atomic E-state index is 0.139. The number of unbranched alkanes of at least 4 members (excludes halogenated alkanes) is 24. The van der Waals surface area contributed by atoms with Crippen LogP contribution in [0.25, 0.3) is 0 Å². The first-order valence-corrected chi connectivity index (χ1v) is 26.7. The Morgan fingerprint density at radius 2 is 0.774 bits per heavy atom. The first kappa shape index (κ1) is 60.0. The molecule has 62 heavy (non-hydrogen) atoms. The standard InChI is InChI=1S/C53H101NO8/c1-7-13-17-21-25-29-33-38-47(55)42-43-48(61-51(57)40-35-31-27-23-19-15-9-3)53(59-45-37-44-54(11-5)12-6)49(62-52(58)41-36-32-28-24-20-16-10-4)46-60-50(56)39-34-30-26-22-18-14-8-2/h48-49,53H,7-46H2,1-6H3. The molecule has 0 aromatic rings. The van der Waals surface area contributed by atoms with Crippen LogP contribution in [-0.4, -0.2) is 79.8 Å². The van der Waals surface area contributed by atoms with Crippen molar-refractivity contribution in [1.82, 2.24) is 4.90 Å². The molecule has 0 amide bonds. The summed E-state index contributed by atoms with van der Waals surface area (Å²) in [6, 6.07) is 0. The van der Waals surface area contributed by atoms with Gasteiger partial charge in [0.1, 0.15) is 24.6 Å². The van der Waals surface area contributed by atoms with Crippen LogP contribution >= 0.6 is 0 Å². The van der Waals surface area contributed by atoms with Crippen LogP contribution in [0, 0.1) is 0 Å². The highest BCUT2D eigenvalue weighted by molar-refractivity contribution is 5.78. The van der Waals surface area contributed by atoms with Crippen LogP contribution in [0.2, 0.25) is 0 Å². The second-order valence-corrected chi connectivity index (χ2v) is 18.0. The third-order valence-corrected chi connectivity index (χ3v) is 12.3. The second kappa shape index (κ2) is 45.6. The summed E-state index contributed by atoms with van der Waals surface area (Å²) in [5.74, 6) is -0.889. The minimum atomic E-state index is -0.979. The topological polar surface area (TPSA) is 108 Å². The molecule has 3 unspecified atom stereocenters. The van der Waals surface area contributed by atoms with E-state index in [1.54, 1.807) is 0 Å². The molecule has 0 saturated carbocycles. The predicted octanol–water partition coefficient (Wildman–Crippen LogP) is 14.4. The SMILES string of the molecule is CCCCCCCCCC(=O)CCC(OC(=O)CCCCCCCCC)C(OCCCN(CC)CC)C(COC(=O)CCCCCCCCC)OC(=O)CCCCCCCCC. The van der Waals surface area contributed by atoms with E-state index < -0.39 is 18.3 Å². The molecule has 0 rings (SSSR count). The number of Topliss-reactive ketones (excluding diaryl/α,β-unsaturated/α-hetero) is 1. The molecule has 0 aliphatic carbocycles. The number of rotatable bonds is 48. The van der Waals surface area contributed by atoms with Crippen molar-refractivity contribution < 1.29 is 38.1 Å². The highest BCUT2D eigenvalue weighted by Gasteiger charge is 2.37. The lowest BCUT2D eigenvalue weighted by Gasteiger charge is -2.33. The lowest BCUT2D eigenvalue weighted by atomic mass is 9.99. The molecule has 9 nitrogen and oxygen atoms in total. The maximum absolute atomic E-state index is 13.6. The number of carbonyl (C=O) groups excluding carboxylic acids is 4. The molecule has 0 spiro atoms. The Balaban J connectivity index is 6.27. The van der Waals surface area contributed by atoms with Gasteiger partial charge in [-0.1, -0.05) is 196 Å². The van der Waals surface area contributed by atoms with Crippen molar-refractivity contribution in [3.05, 3.63) is 0 Å².